The summed E-state index contributed by atoms with van der Waals surface area (Å²) in [6.07, 6.45) is 16.2. The van der Waals surface area contributed by atoms with Crippen LogP contribution in [0.5, 0.6) is 0 Å². The number of ether oxygens (including phenoxy) is 2. The summed E-state index contributed by atoms with van der Waals surface area (Å²) in [6, 6.07) is 6.87. The predicted octanol–water partition coefficient (Wildman–Crippen LogP) is 5.84. The first kappa shape index (κ1) is 28.8. The average Bonchev–Trinajstić information content (AvgIpc) is 2.77. The van der Waals surface area contributed by atoms with Gasteiger partial charge in [-0.3, -0.25) is 9.97 Å². The highest BCUT2D eigenvalue weighted by Crippen LogP contribution is 2.10. The van der Waals surface area contributed by atoms with E-state index in [0.717, 1.165) is 38.5 Å². The lowest BCUT2D eigenvalue weighted by atomic mass is 10.1. The number of pyridine rings is 2. The molecule has 0 aromatic carbocycles. The lowest BCUT2D eigenvalue weighted by Crippen LogP contribution is -2.06. The van der Waals surface area contributed by atoms with Crippen molar-refractivity contribution in [3.05, 3.63) is 60.2 Å². The van der Waals surface area contributed by atoms with Crippen LogP contribution in [0.4, 0.5) is 0 Å². The number of carbonyl (C=O) groups excluding carboxylic acids is 2. The van der Waals surface area contributed by atoms with E-state index in [2.05, 4.69) is 9.97 Å². The topological polar surface area (TPSA) is 78.4 Å². The van der Waals surface area contributed by atoms with Crippen molar-refractivity contribution in [1.29, 1.82) is 0 Å². The van der Waals surface area contributed by atoms with Gasteiger partial charge in [0.2, 0.25) is 0 Å². The van der Waals surface area contributed by atoms with E-state index < -0.39 is 0 Å². The van der Waals surface area contributed by atoms with Gasteiger partial charge < -0.3 is 9.47 Å². The zero-order chi connectivity index (χ0) is 20.6. The molecular formula is C23H32Cl2N2O4. The molecule has 8 heteroatoms. The molecule has 0 aliphatic rings. The highest BCUT2D eigenvalue weighted by atomic mass is 35.5. The number of rotatable bonds is 14. The van der Waals surface area contributed by atoms with Crippen molar-refractivity contribution in [3.63, 3.8) is 0 Å². The number of carbonyl (C=O) groups is 2. The number of halogens is 2. The largest absolute Gasteiger partial charge is 0.462 e. The number of hydrogen-bond donors (Lipinski definition) is 0. The number of aromatic nitrogens is 2. The minimum Gasteiger partial charge on any atom is -0.462 e. The third-order valence-corrected chi connectivity index (χ3v) is 4.55. The zero-order valence-electron chi connectivity index (χ0n) is 17.7. The van der Waals surface area contributed by atoms with Crippen LogP contribution >= 0.6 is 24.8 Å². The summed E-state index contributed by atoms with van der Waals surface area (Å²) in [4.78, 5) is 31.3. The molecular weight excluding hydrogens is 439 g/mol. The molecule has 0 bridgehead atoms. The van der Waals surface area contributed by atoms with Crippen molar-refractivity contribution < 1.29 is 19.1 Å². The minimum absolute atomic E-state index is 0. The van der Waals surface area contributed by atoms with E-state index in [-0.39, 0.29) is 36.8 Å². The molecule has 2 heterocycles. The molecule has 172 valence electrons. The molecule has 0 aliphatic carbocycles. The molecule has 2 rings (SSSR count). The summed E-state index contributed by atoms with van der Waals surface area (Å²) < 4.78 is 10.5. The number of esters is 2. The number of nitrogens with zero attached hydrogens (tertiary/aromatic N) is 2. The Morgan fingerprint density at radius 1 is 0.613 bits per heavy atom. The Kier molecular flexibility index (Phi) is 17.3. The van der Waals surface area contributed by atoms with E-state index in [9.17, 15) is 9.59 Å². The van der Waals surface area contributed by atoms with Gasteiger partial charge in [0.15, 0.2) is 0 Å². The Balaban J connectivity index is 0.00000450. The zero-order valence-corrected chi connectivity index (χ0v) is 19.4. The summed E-state index contributed by atoms with van der Waals surface area (Å²) in [5.41, 5.74) is 0.999. The molecule has 2 aromatic heterocycles. The molecule has 0 fully saturated rings. The molecule has 0 amide bonds. The maximum Gasteiger partial charge on any atom is 0.339 e. The standard InChI is InChI=1S/C23H30N2O4.2ClH/c26-22(20-12-10-14-24-18-20)28-16-8-6-4-2-1-3-5-7-9-17-29-23(27)21-13-11-15-25-19-21;;/h10-15,18-19H,1-9,16-17H2;2*1H. The van der Waals surface area contributed by atoms with E-state index in [0.29, 0.717) is 24.3 Å². The van der Waals surface area contributed by atoms with Crippen molar-refractivity contribution >= 4 is 36.8 Å². The van der Waals surface area contributed by atoms with Crippen LogP contribution in [0.25, 0.3) is 0 Å². The first-order chi connectivity index (χ1) is 14.3. The van der Waals surface area contributed by atoms with Crippen molar-refractivity contribution in [1.82, 2.24) is 9.97 Å². The summed E-state index contributed by atoms with van der Waals surface area (Å²) >= 11 is 0. The monoisotopic (exact) mass is 470 g/mol. The molecule has 0 saturated heterocycles. The predicted molar refractivity (Wildman–Crippen MR) is 125 cm³/mol. The maximum atomic E-state index is 11.7. The summed E-state index contributed by atoms with van der Waals surface area (Å²) in [6.45, 7) is 0.928. The van der Waals surface area contributed by atoms with Crippen LogP contribution in [0, 0.1) is 0 Å². The van der Waals surface area contributed by atoms with Gasteiger partial charge >= 0.3 is 11.9 Å². The van der Waals surface area contributed by atoms with Gasteiger partial charge in [0.1, 0.15) is 0 Å². The summed E-state index contributed by atoms with van der Waals surface area (Å²) in [7, 11) is 0. The van der Waals surface area contributed by atoms with Crippen LogP contribution in [0.2, 0.25) is 0 Å². The molecule has 0 atom stereocenters. The minimum atomic E-state index is -0.302. The van der Waals surface area contributed by atoms with E-state index in [1.165, 1.54) is 31.7 Å². The molecule has 31 heavy (non-hydrogen) atoms. The van der Waals surface area contributed by atoms with Gasteiger partial charge in [-0.2, -0.15) is 0 Å². The third kappa shape index (κ3) is 13.0. The van der Waals surface area contributed by atoms with Crippen LogP contribution in [0.1, 0.15) is 78.5 Å². The second kappa shape index (κ2) is 18.6. The fourth-order valence-corrected chi connectivity index (χ4v) is 2.90. The van der Waals surface area contributed by atoms with Crippen molar-refractivity contribution in [3.8, 4) is 0 Å². The maximum absolute atomic E-state index is 11.7. The van der Waals surface area contributed by atoms with E-state index >= 15 is 0 Å². The summed E-state index contributed by atoms with van der Waals surface area (Å²) in [5, 5.41) is 0. The first-order valence-electron chi connectivity index (χ1n) is 10.4. The van der Waals surface area contributed by atoms with Crippen LogP contribution in [-0.2, 0) is 9.47 Å². The van der Waals surface area contributed by atoms with Crippen molar-refractivity contribution in [2.45, 2.75) is 57.8 Å². The Morgan fingerprint density at radius 2 is 0.968 bits per heavy atom. The van der Waals surface area contributed by atoms with E-state index in [1.54, 1.807) is 36.7 Å². The van der Waals surface area contributed by atoms with Crippen molar-refractivity contribution in [2.75, 3.05) is 13.2 Å². The Labute approximate surface area is 197 Å². The Morgan fingerprint density at radius 3 is 1.29 bits per heavy atom. The van der Waals surface area contributed by atoms with Gasteiger partial charge in [-0.25, -0.2) is 9.59 Å². The number of unbranched alkanes of at least 4 members (excludes halogenated alkanes) is 8. The van der Waals surface area contributed by atoms with Crippen molar-refractivity contribution in [2.24, 2.45) is 0 Å². The van der Waals surface area contributed by atoms with E-state index in [1.807, 2.05) is 0 Å². The van der Waals surface area contributed by atoms with Gasteiger partial charge in [-0.1, -0.05) is 44.9 Å². The molecule has 6 nitrogen and oxygen atoms in total. The second-order valence-electron chi connectivity index (χ2n) is 6.94. The highest BCUT2D eigenvalue weighted by Gasteiger charge is 2.06. The van der Waals surface area contributed by atoms with Gasteiger partial charge in [-0.15, -0.1) is 24.8 Å². The molecule has 0 N–H and O–H groups in total. The van der Waals surface area contributed by atoms with Gasteiger partial charge in [0, 0.05) is 24.8 Å². The lowest BCUT2D eigenvalue weighted by molar-refractivity contribution is 0.0488. The lowest BCUT2D eigenvalue weighted by Gasteiger charge is -2.05. The first-order valence-corrected chi connectivity index (χ1v) is 10.4. The fourth-order valence-electron chi connectivity index (χ4n) is 2.90. The molecule has 0 spiro atoms. The molecule has 0 unspecified atom stereocenters. The Bertz CT molecular complexity index is 657. The fraction of sp³-hybridized carbons (Fsp3) is 0.478. The highest BCUT2D eigenvalue weighted by molar-refractivity contribution is 5.89. The average molecular weight is 471 g/mol. The second-order valence-corrected chi connectivity index (χ2v) is 6.94. The van der Waals surface area contributed by atoms with E-state index in [4.69, 9.17) is 9.47 Å². The van der Waals surface area contributed by atoms with Gasteiger partial charge in [-0.05, 0) is 37.1 Å². The molecule has 0 saturated carbocycles. The third-order valence-electron chi connectivity index (χ3n) is 4.55. The summed E-state index contributed by atoms with van der Waals surface area (Å²) in [5.74, 6) is -0.603. The quantitative estimate of drug-likeness (QED) is 0.254. The molecule has 0 radical (unpaired) electrons. The van der Waals surface area contributed by atoms with Crippen LogP contribution in [0.3, 0.4) is 0 Å². The number of hydrogen-bond acceptors (Lipinski definition) is 6. The Hall–Kier alpha value is -2.18. The van der Waals surface area contributed by atoms with Gasteiger partial charge in [0.25, 0.3) is 0 Å². The van der Waals surface area contributed by atoms with Crippen LogP contribution < -0.4 is 0 Å². The SMILES string of the molecule is Cl.Cl.O=C(OCCCCCCCCCCCOC(=O)c1cccnc1)c1cccnc1. The van der Waals surface area contributed by atoms with Crippen LogP contribution in [-0.4, -0.2) is 35.1 Å². The van der Waals surface area contributed by atoms with Gasteiger partial charge in [0.05, 0.1) is 24.3 Å². The smallest absolute Gasteiger partial charge is 0.339 e. The van der Waals surface area contributed by atoms with Crippen LogP contribution in [0.15, 0.2) is 49.1 Å². The normalized spacial score (nSPS) is 9.81. The molecule has 2 aromatic rings. The molecule has 0 aliphatic heterocycles.